The Kier molecular flexibility index (Phi) is 4.39. The topological polar surface area (TPSA) is 46.1 Å². The molecule has 0 aromatic carbocycles. The van der Waals surface area contributed by atoms with E-state index in [1.165, 1.54) is 42.4 Å². The third kappa shape index (κ3) is 2.98. The lowest BCUT2D eigenvalue weighted by molar-refractivity contribution is 0.0695. The molecule has 1 saturated carbocycles. The van der Waals surface area contributed by atoms with Gasteiger partial charge in [-0.15, -0.1) is 10.2 Å². The van der Waals surface area contributed by atoms with E-state index in [1.54, 1.807) is 0 Å². The van der Waals surface area contributed by atoms with Crippen molar-refractivity contribution in [3.8, 4) is 0 Å². The van der Waals surface area contributed by atoms with Gasteiger partial charge in [0.25, 0.3) is 5.91 Å². The number of thioether (sulfide) groups is 1. The highest BCUT2D eigenvalue weighted by atomic mass is 32.2. The van der Waals surface area contributed by atoms with Crippen LogP contribution in [0, 0.1) is 0 Å². The first-order valence-corrected chi connectivity index (χ1v) is 7.91. The molecule has 1 amide bonds. The van der Waals surface area contributed by atoms with Gasteiger partial charge in [-0.3, -0.25) is 4.79 Å². The molecule has 0 N–H and O–H groups in total. The van der Waals surface area contributed by atoms with Crippen molar-refractivity contribution in [3.05, 3.63) is 5.01 Å². The number of nitrogens with zero attached hydrogens (tertiary/aromatic N) is 3. The minimum atomic E-state index is 0.0229. The Balaban J connectivity index is 2.02. The summed E-state index contributed by atoms with van der Waals surface area (Å²) in [4.78, 5) is 14.0. The van der Waals surface area contributed by atoms with Crippen LogP contribution in [-0.2, 0) is 0 Å². The van der Waals surface area contributed by atoms with Crippen molar-refractivity contribution in [2.45, 2.75) is 42.5 Å². The van der Waals surface area contributed by atoms with Gasteiger partial charge in [0.2, 0.25) is 5.01 Å². The van der Waals surface area contributed by atoms with E-state index < -0.39 is 0 Å². The number of hydrogen-bond acceptors (Lipinski definition) is 5. The normalized spacial score (nSPS) is 17.1. The number of aromatic nitrogens is 2. The second kappa shape index (κ2) is 5.82. The van der Waals surface area contributed by atoms with Crippen LogP contribution in [0.3, 0.4) is 0 Å². The summed E-state index contributed by atoms with van der Waals surface area (Å²) in [6, 6.07) is 0.387. The molecule has 4 nitrogen and oxygen atoms in total. The number of rotatable bonds is 3. The minimum absolute atomic E-state index is 0.0229. The highest BCUT2D eigenvalue weighted by Crippen LogP contribution is 2.25. The molecule has 94 valence electrons. The average Bonchev–Trinajstić information content (AvgIpc) is 2.87. The van der Waals surface area contributed by atoms with E-state index in [-0.39, 0.29) is 5.91 Å². The minimum Gasteiger partial charge on any atom is -0.337 e. The summed E-state index contributed by atoms with van der Waals surface area (Å²) < 4.78 is 0.852. The van der Waals surface area contributed by atoms with Gasteiger partial charge in [0.15, 0.2) is 4.34 Å². The van der Waals surface area contributed by atoms with E-state index >= 15 is 0 Å². The lowest BCUT2D eigenvalue weighted by atomic mass is 9.94. The van der Waals surface area contributed by atoms with Crippen LogP contribution in [0.2, 0.25) is 0 Å². The third-order valence-corrected chi connectivity index (χ3v) is 5.09. The Hall–Kier alpha value is -0.620. The van der Waals surface area contributed by atoms with E-state index in [0.717, 1.165) is 17.2 Å². The standard InChI is InChI=1S/C11H17N3OS2/c1-14(8-6-4-3-5-7-8)10(15)9-12-13-11(16-2)17-9/h8H,3-7H2,1-2H3. The fourth-order valence-corrected chi connectivity index (χ4v) is 3.42. The van der Waals surface area contributed by atoms with Gasteiger partial charge in [-0.1, -0.05) is 42.4 Å². The van der Waals surface area contributed by atoms with Gasteiger partial charge in [-0.2, -0.15) is 0 Å². The largest absolute Gasteiger partial charge is 0.337 e. The third-order valence-electron chi connectivity index (χ3n) is 3.21. The molecule has 1 aliphatic rings. The molecule has 1 heterocycles. The zero-order valence-electron chi connectivity index (χ0n) is 10.2. The SMILES string of the molecule is CSc1nnc(C(=O)N(C)C2CCCCC2)s1. The van der Waals surface area contributed by atoms with E-state index in [0.29, 0.717) is 11.0 Å². The maximum Gasteiger partial charge on any atom is 0.284 e. The molecule has 0 spiro atoms. The summed E-state index contributed by atoms with van der Waals surface area (Å²) in [7, 11) is 1.89. The molecular weight excluding hydrogens is 254 g/mol. The Morgan fingerprint density at radius 2 is 2.06 bits per heavy atom. The second-order valence-electron chi connectivity index (χ2n) is 4.29. The van der Waals surface area contributed by atoms with Crippen LogP contribution in [0.5, 0.6) is 0 Å². The fraction of sp³-hybridized carbons (Fsp3) is 0.727. The van der Waals surface area contributed by atoms with Crippen molar-refractivity contribution in [1.29, 1.82) is 0 Å². The van der Waals surface area contributed by atoms with Gasteiger partial charge >= 0.3 is 0 Å². The first-order chi connectivity index (χ1) is 8.22. The monoisotopic (exact) mass is 271 g/mol. The lowest BCUT2D eigenvalue weighted by Crippen LogP contribution is -2.38. The van der Waals surface area contributed by atoms with Crippen molar-refractivity contribution in [2.75, 3.05) is 13.3 Å². The molecule has 2 rings (SSSR count). The summed E-state index contributed by atoms with van der Waals surface area (Å²) in [6.07, 6.45) is 7.95. The molecule has 0 radical (unpaired) electrons. The van der Waals surface area contributed by atoms with Crippen LogP contribution in [0.15, 0.2) is 4.34 Å². The van der Waals surface area contributed by atoms with Crippen molar-refractivity contribution in [3.63, 3.8) is 0 Å². The highest BCUT2D eigenvalue weighted by molar-refractivity contribution is 8.00. The quantitative estimate of drug-likeness (QED) is 0.793. The molecule has 0 saturated heterocycles. The lowest BCUT2D eigenvalue weighted by Gasteiger charge is -2.30. The zero-order valence-corrected chi connectivity index (χ0v) is 11.8. The molecular formula is C11H17N3OS2. The van der Waals surface area contributed by atoms with E-state index in [4.69, 9.17) is 0 Å². The van der Waals surface area contributed by atoms with Gasteiger partial charge in [0, 0.05) is 13.1 Å². The summed E-state index contributed by atoms with van der Waals surface area (Å²) in [5.74, 6) is 0.0229. The molecule has 0 unspecified atom stereocenters. The summed E-state index contributed by atoms with van der Waals surface area (Å²) in [5, 5.41) is 8.44. The maximum absolute atomic E-state index is 12.2. The Labute approximate surface area is 110 Å². The predicted octanol–water partition coefficient (Wildman–Crippen LogP) is 2.66. The Morgan fingerprint density at radius 1 is 1.35 bits per heavy atom. The highest BCUT2D eigenvalue weighted by Gasteiger charge is 2.25. The Morgan fingerprint density at radius 3 is 2.65 bits per heavy atom. The molecule has 1 aliphatic carbocycles. The van der Waals surface area contributed by atoms with Gasteiger partial charge in [0.05, 0.1) is 0 Å². The number of hydrogen-bond donors (Lipinski definition) is 0. The van der Waals surface area contributed by atoms with E-state index in [2.05, 4.69) is 10.2 Å². The van der Waals surface area contributed by atoms with E-state index in [1.807, 2.05) is 18.2 Å². The molecule has 17 heavy (non-hydrogen) atoms. The van der Waals surface area contributed by atoms with Crippen LogP contribution in [0.1, 0.15) is 41.9 Å². The summed E-state index contributed by atoms with van der Waals surface area (Å²) >= 11 is 2.91. The van der Waals surface area contributed by atoms with Crippen molar-refractivity contribution >= 4 is 29.0 Å². The molecule has 6 heteroatoms. The van der Waals surface area contributed by atoms with Gasteiger partial charge in [-0.05, 0) is 19.1 Å². The predicted molar refractivity (Wildman–Crippen MR) is 70.7 cm³/mol. The van der Waals surface area contributed by atoms with Gasteiger partial charge < -0.3 is 4.90 Å². The first kappa shape index (κ1) is 12.8. The molecule has 0 aliphatic heterocycles. The average molecular weight is 271 g/mol. The second-order valence-corrected chi connectivity index (χ2v) is 6.32. The maximum atomic E-state index is 12.2. The molecule has 0 atom stereocenters. The van der Waals surface area contributed by atoms with Gasteiger partial charge in [-0.25, -0.2) is 0 Å². The van der Waals surface area contributed by atoms with Crippen molar-refractivity contribution in [2.24, 2.45) is 0 Å². The number of carbonyl (C=O) groups excluding carboxylic acids is 1. The van der Waals surface area contributed by atoms with Crippen molar-refractivity contribution in [1.82, 2.24) is 15.1 Å². The van der Waals surface area contributed by atoms with Crippen LogP contribution >= 0.6 is 23.1 Å². The summed E-state index contributed by atoms with van der Waals surface area (Å²) in [6.45, 7) is 0. The van der Waals surface area contributed by atoms with Crippen LogP contribution in [-0.4, -0.2) is 40.3 Å². The fourth-order valence-electron chi connectivity index (χ4n) is 2.16. The van der Waals surface area contributed by atoms with Crippen LogP contribution in [0.4, 0.5) is 0 Å². The Bertz CT molecular complexity index is 388. The van der Waals surface area contributed by atoms with Crippen LogP contribution < -0.4 is 0 Å². The number of carbonyl (C=O) groups is 1. The van der Waals surface area contributed by atoms with Crippen LogP contribution in [0.25, 0.3) is 0 Å². The van der Waals surface area contributed by atoms with Gasteiger partial charge in [0.1, 0.15) is 0 Å². The van der Waals surface area contributed by atoms with E-state index in [9.17, 15) is 4.79 Å². The smallest absolute Gasteiger partial charge is 0.284 e. The molecule has 1 aromatic rings. The molecule has 0 bridgehead atoms. The van der Waals surface area contributed by atoms with Crippen molar-refractivity contribution < 1.29 is 4.79 Å². The molecule has 1 fully saturated rings. The molecule has 1 aromatic heterocycles. The first-order valence-electron chi connectivity index (χ1n) is 5.87. The zero-order chi connectivity index (χ0) is 12.3. The number of amides is 1. The summed E-state index contributed by atoms with van der Waals surface area (Å²) in [5.41, 5.74) is 0.